The molecule has 114 valence electrons. The number of amides is 1. The van der Waals surface area contributed by atoms with Crippen LogP contribution in [0.25, 0.3) is 0 Å². The van der Waals surface area contributed by atoms with Gasteiger partial charge in [0.05, 0.1) is 12.0 Å². The Hall–Kier alpha value is -0.320. The van der Waals surface area contributed by atoms with Crippen molar-refractivity contribution in [2.24, 2.45) is 5.41 Å². The standard InChI is InChI=1S/C14H28N2O2.ClH/c1-4-6-12(5-2)16-13(17)14(11-18-3)7-9-15-10-8-14;/h12,15H,4-11H2,1-3H3,(H,16,17);1H. The molecule has 4 nitrogen and oxygen atoms in total. The Kier molecular flexibility index (Phi) is 9.40. The van der Waals surface area contributed by atoms with Gasteiger partial charge in [-0.1, -0.05) is 20.3 Å². The molecule has 0 aliphatic carbocycles. The molecule has 2 N–H and O–H groups in total. The Morgan fingerprint density at radius 2 is 2.00 bits per heavy atom. The highest BCUT2D eigenvalue weighted by Gasteiger charge is 2.40. The van der Waals surface area contributed by atoms with E-state index in [9.17, 15) is 4.79 Å². The van der Waals surface area contributed by atoms with Crippen LogP contribution < -0.4 is 10.6 Å². The van der Waals surface area contributed by atoms with Crippen molar-refractivity contribution in [2.45, 2.75) is 52.0 Å². The van der Waals surface area contributed by atoms with Crippen molar-refractivity contribution in [1.29, 1.82) is 0 Å². The van der Waals surface area contributed by atoms with E-state index >= 15 is 0 Å². The first-order chi connectivity index (χ1) is 8.68. The fraction of sp³-hybridized carbons (Fsp3) is 0.929. The molecule has 0 aromatic carbocycles. The number of piperidine rings is 1. The van der Waals surface area contributed by atoms with E-state index in [0.717, 1.165) is 45.2 Å². The van der Waals surface area contributed by atoms with Crippen molar-refractivity contribution in [3.63, 3.8) is 0 Å². The molecule has 0 aromatic rings. The van der Waals surface area contributed by atoms with Gasteiger partial charge in [-0.05, 0) is 38.8 Å². The monoisotopic (exact) mass is 292 g/mol. The van der Waals surface area contributed by atoms with Gasteiger partial charge >= 0.3 is 0 Å². The summed E-state index contributed by atoms with van der Waals surface area (Å²) < 4.78 is 5.29. The van der Waals surface area contributed by atoms with E-state index in [1.807, 2.05) is 0 Å². The fourth-order valence-electron chi connectivity index (χ4n) is 2.68. The summed E-state index contributed by atoms with van der Waals surface area (Å²) in [6.45, 7) is 6.63. The minimum atomic E-state index is -0.318. The van der Waals surface area contributed by atoms with Crippen LogP contribution in [0, 0.1) is 5.41 Å². The quantitative estimate of drug-likeness (QED) is 0.756. The van der Waals surface area contributed by atoms with Crippen molar-refractivity contribution in [3.8, 4) is 0 Å². The maximum atomic E-state index is 12.5. The number of halogens is 1. The molecule has 1 heterocycles. The highest BCUT2D eigenvalue weighted by molar-refractivity contribution is 5.85. The Morgan fingerprint density at radius 3 is 2.47 bits per heavy atom. The minimum absolute atomic E-state index is 0. The third-order valence-electron chi connectivity index (χ3n) is 3.93. The van der Waals surface area contributed by atoms with E-state index < -0.39 is 0 Å². The van der Waals surface area contributed by atoms with Crippen LogP contribution in [-0.4, -0.2) is 38.8 Å². The molecule has 0 radical (unpaired) electrons. The lowest BCUT2D eigenvalue weighted by Crippen LogP contribution is -2.52. The molecule has 1 aliphatic rings. The van der Waals surface area contributed by atoms with Crippen LogP contribution in [0.4, 0.5) is 0 Å². The van der Waals surface area contributed by atoms with E-state index in [2.05, 4.69) is 24.5 Å². The lowest BCUT2D eigenvalue weighted by Gasteiger charge is -2.36. The second-order valence-corrected chi connectivity index (χ2v) is 5.33. The molecule has 1 atom stereocenters. The first-order valence-corrected chi connectivity index (χ1v) is 7.19. The Bertz CT molecular complexity index is 250. The van der Waals surface area contributed by atoms with Crippen molar-refractivity contribution in [2.75, 3.05) is 26.8 Å². The summed E-state index contributed by atoms with van der Waals surface area (Å²) in [5.41, 5.74) is -0.318. The van der Waals surface area contributed by atoms with E-state index in [1.165, 1.54) is 0 Å². The zero-order valence-corrected chi connectivity index (χ0v) is 13.3. The van der Waals surface area contributed by atoms with Gasteiger partial charge in [-0.2, -0.15) is 0 Å². The zero-order valence-electron chi connectivity index (χ0n) is 12.5. The second-order valence-electron chi connectivity index (χ2n) is 5.33. The molecular formula is C14H29ClN2O2. The molecule has 0 spiro atoms. The number of hydrogen-bond acceptors (Lipinski definition) is 3. The molecule has 1 fully saturated rings. The highest BCUT2D eigenvalue weighted by Crippen LogP contribution is 2.29. The summed E-state index contributed by atoms with van der Waals surface area (Å²) in [4.78, 5) is 12.5. The lowest BCUT2D eigenvalue weighted by molar-refractivity contribution is -0.137. The summed E-state index contributed by atoms with van der Waals surface area (Å²) in [5.74, 6) is 0.186. The van der Waals surface area contributed by atoms with Crippen LogP contribution in [-0.2, 0) is 9.53 Å². The number of carbonyl (C=O) groups is 1. The lowest BCUT2D eigenvalue weighted by atomic mass is 9.78. The van der Waals surface area contributed by atoms with E-state index in [4.69, 9.17) is 4.74 Å². The number of methoxy groups -OCH3 is 1. The van der Waals surface area contributed by atoms with Gasteiger partial charge in [0.2, 0.25) is 5.91 Å². The average Bonchev–Trinajstić information content (AvgIpc) is 2.39. The molecule has 0 aromatic heterocycles. The van der Waals surface area contributed by atoms with Crippen LogP contribution in [0.2, 0.25) is 0 Å². The Balaban J connectivity index is 0.00000324. The van der Waals surface area contributed by atoms with Crippen LogP contribution in [0.5, 0.6) is 0 Å². The first kappa shape index (κ1) is 18.7. The normalized spacial score (nSPS) is 19.3. The predicted octanol–water partition coefficient (Wildman–Crippen LogP) is 2.12. The molecule has 19 heavy (non-hydrogen) atoms. The van der Waals surface area contributed by atoms with Gasteiger partial charge in [-0.25, -0.2) is 0 Å². The number of hydrogen-bond donors (Lipinski definition) is 2. The van der Waals surface area contributed by atoms with Crippen LogP contribution in [0.15, 0.2) is 0 Å². The molecular weight excluding hydrogens is 264 g/mol. The number of carbonyl (C=O) groups excluding carboxylic acids is 1. The van der Waals surface area contributed by atoms with Crippen molar-refractivity contribution in [1.82, 2.24) is 10.6 Å². The second kappa shape index (κ2) is 9.56. The zero-order chi connectivity index (χ0) is 13.4. The minimum Gasteiger partial charge on any atom is -0.384 e. The SMILES string of the molecule is CCCC(CC)NC(=O)C1(COC)CCNCC1.Cl. The molecule has 5 heteroatoms. The van der Waals surface area contributed by atoms with Gasteiger partial charge in [-0.3, -0.25) is 4.79 Å². The summed E-state index contributed by atoms with van der Waals surface area (Å²) in [6.07, 6.45) is 4.91. The molecule has 1 amide bonds. The molecule has 1 unspecified atom stereocenters. The van der Waals surface area contributed by atoms with Crippen molar-refractivity contribution in [3.05, 3.63) is 0 Å². The third kappa shape index (κ3) is 5.28. The molecule has 1 rings (SSSR count). The van der Waals surface area contributed by atoms with E-state index in [-0.39, 0.29) is 23.7 Å². The Morgan fingerprint density at radius 1 is 1.37 bits per heavy atom. The number of nitrogens with one attached hydrogen (secondary N) is 2. The average molecular weight is 293 g/mol. The molecule has 1 aliphatic heterocycles. The van der Waals surface area contributed by atoms with Crippen LogP contribution in [0.3, 0.4) is 0 Å². The van der Waals surface area contributed by atoms with Gasteiger partial charge in [0.25, 0.3) is 0 Å². The number of ether oxygens (including phenoxy) is 1. The smallest absolute Gasteiger partial charge is 0.228 e. The third-order valence-corrected chi connectivity index (χ3v) is 3.93. The predicted molar refractivity (Wildman–Crippen MR) is 80.8 cm³/mol. The van der Waals surface area contributed by atoms with Crippen LogP contribution >= 0.6 is 12.4 Å². The first-order valence-electron chi connectivity index (χ1n) is 7.19. The molecule has 0 saturated carbocycles. The van der Waals surface area contributed by atoms with Gasteiger partial charge in [0.1, 0.15) is 0 Å². The summed E-state index contributed by atoms with van der Waals surface area (Å²) >= 11 is 0. The van der Waals surface area contributed by atoms with E-state index in [0.29, 0.717) is 12.6 Å². The fourth-order valence-corrected chi connectivity index (χ4v) is 2.68. The van der Waals surface area contributed by atoms with Gasteiger partial charge in [-0.15, -0.1) is 12.4 Å². The van der Waals surface area contributed by atoms with Crippen LogP contribution in [0.1, 0.15) is 46.0 Å². The molecule has 1 saturated heterocycles. The molecule has 0 bridgehead atoms. The van der Waals surface area contributed by atoms with Crippen molar-refractivity contribution < 1.29 is 9.53 Å². The van der Waals surface area contributed by atoms with Gasteiger partial charge < -0.3 is 15.4 Å². The highest BCUT2D eigenvalue weighted by atomic mass is 35.5. The topological polar surface area (TPSA) is 50.4 Å². The number of rotatable bonds is 7. The van der Waals surface area contributed by atoms with Gasteiger partial charge in [0.15, 0.2) is 0 Å². The van der Waals surface area contributed by atoms with Crippen molar-refractivity contribution >= 4 is 18.3 Å². The summed E-state index contributed by atoms with van der Waals surface area (Å²) in [5, 5.41) is 6.53. The maximum Gasteiger partial charge on any atom is 0.228 e. The maximum absolute atomic E-state index is 12.5. The van der Waals surface area contributed by atoms with Gasteiger partial charge in [0, 0.05) is 13.2 Å². The van der Waals surface area contributed by atoms with E-state index in [1.54, 1.807) is 7.11 Å². The largest absolute Gasteiger partial charge is 0.384 e. The summed E-state index contributed by atoms with van der Waals surface area (Å²) in [6, 6.07) is 0.311. The Labute approximate surface area is 123 Å². The summed E-state index contributed by atoms with van der Waals surface area (Å²) in [7, 11) is 1.68.